The van der Waals surface area contributed by atoms with E-state index >= 15 is 0 Å². The number of benzene rings is 1. The SMILES string of the molecule is CCOC(=O)C(=NO)C(=O)c1ccc(C(F)(F)F)cc1. The molecule has 0 amide bonds. The Bertz CT molecular complexity index is 535. The molecule has 0 heterocycles. The lowest BCUT2D eigenvalue weighted by molar-refractivity contribution is -0.137. The number of hydrogen-bond donors (Lipinski definition) is 1. The van der Waals surface area contributed by atoms with Crippen LogP contribution in [0.1, 0.15) is 22.8 Å². The Morgan fingerprint density at radius 2 is 1.80 bits per heavy atom. The standard InChI is InChI=1S/C12H10F3NO4/c1-2-20-11(18)9(16-19)10(17)7-3-5-8(6-4-7)12(13,14)15/h3-6,19H,2H2,1H3. The van der Waals surface area contributed by atoms with Gasteiger partial charge < -0.3 is 9.94 Å². The molecule has 0 saturated heterocycles. The molecule has 0 aliphatic carbocycles. The normalized spacial score (nSPS) is 12.1. The predicted molar refractivity (Wildman–Crippen MR) is 61.6 cm³/mol. The Labute approximate surface area is 111 Å². The maximum absolute atomic E-state index is 12.4. The Hall–Kier alpha value is -2.38. The minimum atomic E-state index is -4.53. The molecule has 5 nitrogen and oxygen atoms in total. The zero-order valence-electron chi connectivity index (χ0n) is 10.3. The van der Waals surface area contributed by atoms with Gasteiger partial charge in [0.2, 0.25) is 11.5 Å². The van der Waals surface area contributed by atoms with E-state index in [0.717, 1.165) is 12.1 Å². The van der Waals surface area contributed by atoms with Crippen LogP contribution >= 0.6 is 0 Å². The summed E-state index contributed by atoms with van der Waals surface area (Å²) in [4.78, 5) is 23.1. The Morgan fingerprint density at radius 3 is 2.20 bits per heavy atom. The molecule has 1 aromatic rings. The molecule has 8 heteroatoms. The van der Waals surface area contributed by atoms with Crippen LogP contribution in [-0.2, 0) is 15.7 Å². The minimum Gasteiger partial charge on any atom is -0.461 e. The number of Topliss-reactive ketones (excluding diaryl/α,β-unsaturated/α-hetero) is 1. The molecule has 0 atom stereocenters. The van der Waals surface area contributed by atoms with Crippen molar-refractivity contribution in [3.8, 4) is 0 Å². The van der Waals surface area contributed by atoms with Gasteiger partial charge in [0.05, 0.1) is 12.2 Å². The number of alkyl halides is 3. The first-order valence-electron chi connectivity index (χ1n) is 5.42. The molecule has 1 aromatic carbocycles. The Morgan fingerprint density at radius 1 is 1.25 bits per heavy atom. The van der Waals surface area contributed by atoms with Crippen molar-refractivity contribution in [1.29, 1.82) is 0 Å². The van der Waals surface area contributed by atoms with Gasteiger partial charge in [-0.15, -0.1) is 0 Å². The number of carbonyl (C=O) groups is 2. The van der Waals surface area contributed by atoms with Crippen molar-refractivity contribution in [2.24, 2.45) is 5.16 Å². The van der Waals surface area contributed by atoms with Crippen LogP contribution in [0.4, 0.5) is 13.2 Å². The smallest absolute Gasteiger partial charge is 0.416 e. The van der Waals surface area contributed by atoms with Crippen molar-refractivity contribution in [1.82, 2.24) is 0 Å². The van der Waals surface area contributed by atoms with Gasteiger partial charge in [-0.25, -0.2) is 4.79 Å². The lowest BCUT2D eigenvalue weighted by Crippen LogP contribution is -2.26. The molecule has 20 heavy (non-hydrogen) atoms. The maximum atomic E-state index is 12.4. The molecule has 0 unspecified atom stereocenters. The molecule has 1 rings (SSSR count). The third-order valence-corrected chi connectivity index (χ3v) is 2.26. The first kappa shape index (κ1) is 15.7. The van der Waals surface area contributed by atoms with Crippen molar-refractivity contribution < 1.29 is 32.7 Å². The van der Waals surface area contributed by atoms with Crippen molar-refractivity contribution in [3.05, 3.63) is 35.4 Å². The molecule has 0 spiro atoms. The van der Waals surface area contributed by atoms with E-state index in [0.29, 0.717) is 12.1 Å². The third-order valence-electron chi connectivity index (χ3n) is 2.26. The van der Waals surface area contributed by atoms with Crippen molar-refractivity contribution >= 4 is 17.5 Å². The summed E-state index contributed by atoms with van der Waals surface area (Å²) in [6.45, 7) is 1.44. The Kier molecular flexibility index (Phi) is 4.84. The monoisotopic (exact) mass is 289 g/mol. The van der Waals surface area contributed by atoms with E-state index in [1.165, 1.54) is 6.92 Å². The van der Waals surface area contributed by atoms with Crippen molar-refractivity contribution in [2.45, 2.75) is 13.1 Å². The number of oxime groups is 1. The van der Waals surface area contributed by atoms with Gasteiger partial charge in [-0.1, -0.05) is 17.3 Å². The second-order valence-electron chi connectivity index (χ2n) is 3.57. The highest BCUT2D eigenvalue weighted by Crippen LogP contribution is 2.29. The summed E-state index contributed by atoms with van der Waals surface area (Å²) in [7, 11) is 0. The molecular formula is C12H10F3NO4. The van der Waals surface area contributed by atoms with Crippen molar-refractivity contribution in [3.63, 3.8) is 0 Å². The van der Waals surface area contributed by atoms with Crippen LogP contribution in [0.3, 0.4) is 0 Å². The van der Waals surface area contributed by atoms with Gasteiger partial charge >= 0.3 is 12.1 Å². The van der Waals surface area contributed by atoms with Gasteiger partial charge in [0.1, 0.15) is 0 Å². The first-order valence-corrected chi connectivity index (χ1v) is 5.42. The molecule has 0 bridgehead atoms. The van der Waals surface area contributed by atoms with Crippen LogP contribution in [0.25, 0.3) is 0 Å². The predicted octanol–water partition coefficient (Wildman–Crippen LogP) is 2.28. The van der Waals surface area contributed by atoms with Crippen LogP contribution in [0.15, 0.2) is 29.4 Å². The molecule has 0 aliphatic rings. The number of ketones is 1. The van der Waals surface area contributed by atoms with Crippen LogP contribution in [-0.4, -0.2) is 29.3 Å². The summed E-state index contributed by atoms with van der Waals surface area (Å²) in [5.74, 6) is -2.18. The van der Waals surface area contributed by atoms with E-state index < -0.39 is 29.2 Å². The number of halogens is 3. The average molecular weight is 289 g/mol. The highest BCUT2D eigenvalue weighted by molar-refractivity contribution is 6.67. The molecular weight excluding hydrogens is 279 g/mol. The summed E-state index contributed by atoms with van der Waals surface area (Å²) >= 11 is 0. The minimum absolute atomic E-state index is 0.0435. The van der Waals surface area contributed by atoms with Crippen LogP contribution in [0.5, 0.6) is 0 Å². The molecule has 0 aliphatic heterocycles. The van der Waals surface area contributed by atoms with E-state index in [1.807, 2.05) is 0 Å². The average Bonchev–Trinajstić information content (AvgIpc) is 2.39. The van der Waals surface area contributed by atoms with Crippen LogP contribution in [0, 0.1) is 0 Å². The maximum Gasteiger partial charge on any atom is 0.416 e. The fourth-order valence-corrected chi connectivity index (χ4v) is 1.33. The molecule has 0 saturated carbocycles. The quantitative estimate of drug-likeness (QED) is 0.230. The number of ether oxygens (including phenoxy) is 1. The van der Waals surface area contributed by atoms with E-state index in [1.54, 1.807) is 0 Å². The first-order chi connectivity index (χ1) is 9.31. The third kappa shape index (κ3) is 3.56. The molecule has 0 aromatic heterocycles. The number of nitrogens with zero attached hydrogens (tertiary/aromatic N) is 1. The second-order valence-corrected chi connectivity index (χ2v) is 3.57. The van der Waals surface area contributed by atoms with E-state index in [2.05, 4.69) is 9.89 Å². The summed E-state index contributed by atoms with van der Waals surface area (Å²) in [6, 6.07) is 3.14. The molecule has 1 N–H and O–H groups in total. The van der Waals surface area contributed by atoms with Gasteiger partial charge in [0.25, 0.3) is 0 Å². The fraction of sp³-hybridized carbons (Fsp3) is 0.250. The lowest BCUT2D eigenvalue weighted by Gasteiger charge is -2.07. The van der Waals surface area contributed by atoms with Gasteiger partial charge in [0, 0.05) is 5.56 Å². The zero-order chi connectivity index (χ0) is 15.3. The molecule has 0 fully saturated rings. The number of rotatable bonds is 4. The number of hydrogen-bond acceptors (Lipinski definition) is 5. The zero-order valence-corrected chi connectivity index (χ0v) is 10.3. The van der Waals surface area contributed by atoms with E-state index in [-0.39, 0.29) is 12.2 Å². The van der Waals surface area contributed by atoms with Gasteiger partial charge in [-0.2, -0.15) is 13.2 Å². The van der Waals surface area contributed by atoms with Gasteiger partial charge in [0.15, 0.2) is 0 Å². The summed E-state index contributed by atoms with van der Waals surface area (Å²) in [5, 5.41) is 11.1. The summed E-state index contributed by atoms with van der Waals surface area (Å²) < 4.78 is 41.5. The highest BCUT2D eigenvalue weighted by Gasteiger charge is 2.31. The van der Waals surface area contributed by atoms with Crippen LogP contribution in [0.2, 0.25) is 0 Å². The number of esters is 1. The van der Waals surface area contributed by atoms with E-state index in [4.69, 9.17) is 5.21 Å². The lowest BCUT2D eigenvalue weighted by atomic mass is 10.0. The van der Waals surface area contributed by atoms with Crippen molar-refractivity contribution in [2.75, 3.05) is 6.61 Å². The summed E-state index contributed by atoms with van der Waals surface area (Å²) in [5.41, 5.74) is -2.06. The molecule has 108 valence electrons. The highest BCUT2D eigenvalue weighted by atomic mass is 19.4. The van der Waals surface area contributed by atoms with Gasteiger partial charge in [-0.3, -0.25) is 4.79 Å². The molecule has 0 radical (unpaired) electrons. The fourth-order valence-electron chi connectivity index (χ4n) is 1.33. The number of carbonyl (C=O) groups excluding carboxylic acids is 2. The Balaban J connectivity index is 3.00. The second kappa shape index (κ2) is 6.18. The van der Waals surface area contributed by atoms with E-state index in [9.17, 15) is 22.8 Å². The summed E-state index contributed by atoms with van der Waals surface area (Å²) in [6.07, 6.45) is -4.53. The van der Waals surface area contributed by atoms with Gasteiger partial charge in [-0.05, 0) is 19.1 Å². The topological polar surface area (TPSA) is 76.0 Å². The van der Waals surface area contributed by atoms with Crippen LogP contribution < -0.4 is 0 Å². The largest absolute Gasteiger partial charge is 0.461 e.